The topological polar surface area (TPSA) is 101 Å². The van der Waals surface area contributed by atoms with Crippen molar-refractivity contribution in [3.63, 3.8) is 0 Å². The van der Waals surface area contributed by atoms with Crippen LogP contribution in [-0.2, 0) is 13.0 Å². The Balaban J connectivity index is 0.00000242. The van der Waals surface area contributed by atoms with Gasteiger partial charge in [0.2, 0.25) is 5.89 Å². The molecule has 2 aromatic heterocycles. The van der Waals surface area contributed by atoms with E-state index in [0.717, 1.165) is 17.0 Å². The van der Waals surface area contributed by atoms with Gasteiger partial charge in [0.1, 0.15) is 5.76 Å². The van der Waals surface area contributed by atoms with Crippen LogP contribution < -0.4 is 10.6 Å². The zero-order chi connectivity index (χ0) is 15.2. The number of nitrogens with one attached hydrogen (secondary N) is 2. The first kappa shape index (κ1) is 18.4. The Labute approximate surface area is 146 Å². The van der Waals surface area contributed by atoms with Crippen molar-refractivity contribution in [2.45, 2.75) is 33.7 Å². The second kappa shape index (κ2) is 8.71. The largest absolute Gasteiger partial charge is 0.361 e. The number of rotatable bonds is 5. The second-order valence-corrected chi connectivity index (χ2v) is 4.64. The van der Waals surface area contributed by atoms with Crippen molar-refractivity contribution in [2.75, 3.05) is 13.6 Å². The van der Waals surface area contributed by atoms with Gasteiger partial charge in [-0.1, -0.05) is 10.3 Å². The minimum atomic E-state index is 0. The number of aryl methyl sites for hydroxylation is 3. The predicted octanol–water partition coefficient (Wildman–Crippen LogP) is 1.51. The fourth-order valence-electron chi connectivity index (χ4n) is 1.88. The third kappa shape index (κ3) is 4.97. The van der Waals surface area contributed by atoms with Crippen molar-refractivity contribution >= 4 is 29.9 Å². The van der Waals surface area contributed by atoms with Crippen molar-refractivity contribution in [3.05, 3.63) is 28.7 Å². The predicted molar refractivity (Wildman–Crippen MR) is 92.3 cm³/mol. The van der Waals surface area contributed by atoms with Gasteiger partial charge in [-0.15, -0.1) is 24.0 Å². The molecule has 0 aliphatic rings. The van der Waals surface area contributed by atoms with Gasteiger partial charge in [0.15, 0.2) is 11.8 Å². The number of hydrogen-bond acceptors (Lipinski definition) is 6. The van der Waals surface area contributed by atoms with Crippen molar-refractivity contribution in [3.8, 4) is 0 Å². The van der Waals surface area contributed by atoms with E-state index in [2.05, 4.69) is 30.9 Å². The van der Waals surface area contributed by atoms with Crippen LogP contribution in [-0.4, -0.2) is 34.8 Å². The van der Waals surface area contributed by atoms with Gasteiger partial charge in [-0.2, -0.15) is 4.98 Å². The summed E-state index contributed by atoms with van der Waals surface area (Å²) in [7, 11) is 1.72. The lowest BCUT2D eigenvalue weighted by molar-refractivity contribution is 0.374. The van der Waals surface area contributed by atoms with Crippen molar-refractivity contribution < 1.29 is 9.05 Å². The van der Waals surface area contributed by atoms with Gasteiger partial charge in [-0.05, 0) is 20.8 Å². The maximum Gasteiger partial charge on any atom is 0.228 e. The zero-order valence-electron chi connectivity index (χ0n) is 13.1. The fourth-order valence-corrected chi connectivity index (χ4v) is 1.88. The Morgan fingerprint density at radius 2 is 1.91 bits per heavy atom. The van der Waals surface area contributed by atoms with E-state index in [1.165, 1.54) is 0 Å². The summed E-state index contributed by atoms with van der Waals surface area (Å²) in [5.41, 5.74) is 1.93. The van der Waals surface area contributed by atoms with Crippen LogP contribution in [0.15, 0.2) is 14.0 Å². The molecule has 0 atom stereocenters. The highest BCUT2D eigenvalue weighted by Gasteiger charge is 2.09. The second-order valence-electron chi connectivity index (χ2n) is 4.64. The minimum Gasteiger partial charge on any atom is -0.361 e. The molecule has 0 saturated heterocycles. The molecule has 0 bridgehead atoms. The first-order valence-corrected chi connectivity index (χ1v) is 6.75. The van der Waals surface area contributed by atoms with Crippen LogP contribution in [0.5, 0.6) is 0 Å². The van der Waals surface area contributed by atoms with Crippen LogP contribution in [0.2, 0.25) is 0 Å². The van der Waals surface area contributed by atoms with E-state index in [-0.39, 0.29) is 24.0 Å². The number of hydrogen-bond donors (Lipinski definition) is 2. The Morgan fingerprint density at radius 3 is 2.45 bits per heavy atom. The van der Waals surface area contributed by atoms with Gasteiger partial charge in [0.25, 0.3) is 0 Å². The lowest BCUT2D eigenvalue weighted by atomic mass is 10.2. The van der Waals surface area contributed by atoms with Crippen molar-refractivity contribution in [1.82, 2.24) is 25.9 Å². The summed E-state index contributed by atoms with van der Waals surface area (Å²) in [4.78, 5) is 8.30. The van der Waals surface area contributed by atoms with Gasteiger partial charge in [0, 0.05) is 32.1 Å². The highest BCUT2D eigenvalue weighted by atomic mass is 127. The highest BCUT2D eigenvalue weighted by Crippen LogP contribution is 2.11. The Morgan fingerprint density at radius 1 is 1.14 bits per heavy atom. The highest BCUT2D eigenvalue weighted by molar-refractivity contribution is 14.0. The normalized spacial score (nSPS) is 11.2. The third-order valence-corrected chi connectivity index (χ3v) is 3.04. The molecule has 22 heavy (non-hydrogen) atoms. The van der Waals surface area contributed by atoms with Crippen LogP contribution in [0.4, 0.5) is 0 Å². The number of nitrogens with zero attached hydrogens (tertiary/aromatic N) is 4. The minimum absolute atomic E-state index is 0. The van der Waals surface area contributed by atoms with Gasteiger partial charge >= 0.3 is 0 Å². The number of halogens is 1. The molecule has 2 heterocycles. The Kier molecular flexibility index (Phi) is 7.28. The van der Waals surface area contributed by atoms with Crippen LogP contribution in [0.25, 0.3) is 0 Å². The molecule has 0 aliphatic carbocycles. The standard InChI is InChI=1S/C13H20N6O2.HI/c1-8-11(9(2)20-18-8)7-16-13(14-4)15-6-5-12-17-10(3)19-21-12;/h5-7H2,1-4H3,(H2,14,15,16);1H. The monoisotopic (exact) mass is 420 g/mol. The van der Waals surface area contributed by atoms with E-state index < -0.39 is 0 Å². The molecule has 8 nitrogen and oxygen atoms in total. The third-order valence-electron chi connectivity index (χ3n) is 3.04. The maximum atomic E-state index is 5.12. The van der Waals surface area contributed by atoms with E-state index in [1.54, 1.807) is 14.0 Å². The summed E-state index contributed by atoms with van der Waals surface area (Å²) in [6.45, 7) is 6.88. The van der Waals surface area contributed by atoms with Crippen LogP contribution in [0, 0.1) is 20.8 Å². The van der Waals surface area contributed by atoms with Crippen LogP contribution in [0.3, 0.4) is 0 Å². The smallest absolute Gasteiger partial charge is 0.228 e. The molecule has 2 N–H and O–H groups in total. The average molecular weight is 420 g/mol. The van der Waals surface area contributed by atoms with Gasteiger partial charge in [0.05, 0.1) is 5.69 Å². The van der Waals surface area contributed by atoms with E-state index in [9.17, 15) is 0 Å². The lowest BCUT2D eigenvalue weighted by Crippen LogP contribution is -2.38. The zero-order valence-corrected chi connectivity index (χ0v) is 15.5. The molecular weight excluding hydrogens is 399 g/mol. The molecule has 9 heteroatoms. The molecule has 122 valence electrons. The molecule has 0 saturated carbocycles. The molecule has 0 radical (unpaired) electrons. The Hall–Kier alpha value is -1.65. The van der Waals surface area contributed by atoms with Gasteiger partial charge < -0.3 is 19.7 Å². The SMILES string of the molecule is CN=C(NCCc1nc(C)no1)NCc1c(C)noc1C.I. The molecule has 0 aliphatic heterocycles. The quantitative estimate of drug-likeness (QED) is 0.430. The summed E-state index contributed by atoms with van der Waals surface area (Å²) in [6.07, 6.45) is 0.646. The van der Waals surface area contributed by atoms with Gasteiger partial charge in [-0.3, -0.25) is 4.99 Å². The summed E-state index contributed by atoms with van der Waals surface area (Å²) in [5, 5.41) is 14.1. The van der Waals surface area contributed by atoms with E-state index >= 15 is 0 Å². The lowest BCUT2D eigenvalue weighted by Gasteiger charge is -2.10. The van der Waals surface area contributed by atoms with Crippen LogP contribution >= 0.6 is 24.0 Å². The Bertz CT molecular complexity index is 602. The molecule has 0 fully saturated rings. The van der Waals surface area contributed by atoms with Crippen molar-refractivity contribution in [2.24, 2.45) is 4.99 Å². The molecule has 0 amide bonds. The van der Waals surface area contributed by atoms with E-state index in [1.807, 2.05) is 13.8 Å². The molecule has 0 aromatic carbocycles. The van der Waals surface area contributed by atoms with Crippen LogP contribution in [0.1, 0.15) is 28.7 Å². The number of aromatic nitrogens is 3. The number of guanidine groups is 1. The van der Waals surface area contributed by atoms with E-state index in [0.29, 0.717) is 37.2 Å². The van der Waals surface area contributed by atoms with E-state index in [4.69, 9.17) is 9.05 Å². The fraction of sp³-hybridized carbons (Fsp3) is 0.538. The van der Waals surface area contributed by atoms with Gasteiger partial charge in [-0.25, -0.2) is 0 Å². The maximum absolute atomic E-state index is 5.12. The first-order valence-electron chi connectivity index (χ1n) is 6.75. The summed E-state index contributed by atoms with van der Waals surface area (Å²) in [6, 6.07) is 0. The summed E-state index contributed by atoms with van der Waals surface area (Å²) >= 11 is 0. The molecule has 0 spiro atoms. The first-order chi connectivity index (χ1) is 10.1. The molecule has 2 rings (SSSR count). The number of aliphatic imine (C=N–C) groups is 1. The molecule has 0 unspecified atom stereocenters. The summed E-state index contributed by atoms with van der Waals surface area (Å²) in [5.74, 6) is 2.77. The molecular formula is C13H21IN6O2. The van der Waals surface area contributed by atoms with Crippen molar-refractivity contribution in [1.29, 1.82) is 0 Å². The molecule has 2 aromatic rings. The summed E-state index contributed by atoms with van der Waals surface area (Å²) < 4.78 is 10.2. The average Bonchev–Trinajstić information content (AvgIpc) is 3.01.